The zero-order valence-corrected chi connectivity index (χ0v) is 14.1. The molecule has 1 atom stereocenters. The molecule has 1 aliphatic heterocycles. The molecule has 2 N–H and O–H groups in total. The van der Waals surface area contributed by atoms with E-state index < -0.39 is 0 Å². The van der Waals surface area contributed by atoms with Crippen molar-refractivity contribution < 1.29 is 4.79 Å². The molecular weight excluding hydrogens is 316 g/mol. The fourth-order valence-electron chi connectivity index (χ4n) is 3.11. The summed E-state index contributed by atoms with van der Waals surface area (Å²) >= 11 is 0. The average Bonchev–Trinajstić information content (AvgIpc) is 3.31. The maximum atomic E-state index is 12.6. The van der Waals surface area contributed by atoms with Gasteiger partial charge in [0.2, 0.25) is 0 Å². The second-order valence-corrected chi connectivity index (χ2v) is 6.30. The number of hydrogen-bond acceptors (Lipinski definition) is 4. The van der Waals surface area contributed by atoms with E-state index in [-0.39, 0.29) is 11.9 Å². The van der Waals surface area contributed by atoms with Gasteiger partial charge >= 0.3 is 0 Å². The molecule has 1 amide bonds. The van der Waals surface area contributed by atoms with E-state index in [4.69, 9.17) is 0 Å². The van der Waals surface area contributed by atoms with Crippen molar-refractivity contribution in [2.75, 3.05) is 0 Å². The van der Waals surface area contributed by atoms with Gasteiger partial charge in [0.1, 0.15) is 5.69 Å². The summed E-state index contributed by atoms with van der Waals surface area (Å²) in [4.78, 5) is 24.0. The molecule has 1 unspecified atom stereocenters. The molecule has 1 aliphatic rings. The van der Waals surface area contributed by atoms with Crippen molar-refractivity contribution in [2.45, 2.75) is 38.8 Å². The van der Waals surface area contributed by atoms with E-state index >= 15 is 0 Å². The van der Waals surface area contributed by atoms with E-state index in [2.05, 4.69) is 36.1 Å². The van der Waals surface area contributed by atoms with E-state index in [1.807, 2.05) is 6.92 Å². The molecule has 0 aromatic carbocycles. The normalized spacial score (nSPS) is 14.8. The number of aromatic nitrogens is 5. The first-order chi connectivity index (χ1) is 12.2. The zero-order chi connectivity index (χ0) is 17.2. The summed E-state index contributed by atoms with van der Waals surface area (Å²) in [5.74, 6) is 0.498. The van der Waals surface area contributed by atoms with Crippen molar-refractivity contribution in [2.24, 2.45) is 0 Å². The molecule has 128 valence electrons. The lowest BCUT2D eigenvalue weighted by molar-refractivity contribution is 0.0939. The second-order valence-electron chi connectivity index (χ2n) is 6.30. The van der Waals surface area contributed by atoms with Crippen LogP contribution < -0.4 is 5.32 Å². The van der Waals surface area contributed by atoms with E-state index in [0.29, 0.717) is 17.1 Å². The SMILES string of the molecule is CC(NC(=O)c1ccnc(-c2ncc[nH]2)c1)c1cc2n(n1)CCCC2. The first-order valence-corrected chi connectivity index (χ1v) is 8.54. The molecule has 0 spiro atoms. The molecule has 4 rings (SSSR count). The first-order valence-electron chi connectivity index (χ1n) is 8.54. The summed E-state index contributed by atoms with van der Waals surface area (Å²) in [5, 5.41) is 7.65. The molecule has 25 heavy (non-hydrogen) atoms. The lowest BCUT2D eigenvalue weighted by Gasteiger charge is -2.12. The lowest BCUT2D eigenvalue weighted by atomic mass is 10.1. The zero-order valence-electron chi connectivity index (χ0n) is 14.1. The Hall–Kier alpha value is -2.96. The number of nitrogens with zero attached hydrogens (tertiary/aromatic N) is 4. The van der Waals surface area contributed by atoms with Crippen LogP contribution in [-0.2, 0) is 13.0 Å². The molecule has 0 fully saturated rings. The minimum atomic E-state index is -0.147. The quantitative estimate of drug-likeness (QED) is 0.766. The fraction of sp³-hybridized carbons (Fsp3) is 0.333. The molecule has 0 saturated carbocycles. The van der Waals surface area contributed by atoms with Gasteiger partial charge in [-0.05, 0) is 44.4 Å². The summed E-state index contributed by atoms with van der Waals surface area (Å²) in [7, 11) is 0. The average molecular weight is 336 g/mol. The van der Waals surface area contributed by atoms with Crippen LogP contribution in [0.25, 0.3) is 11.5 Å². The molecule has 0 saturated heterocycles. The van der Waals surface area contributed by atoms with Gasteiger partial charge in [0, 0.05) is 36.4 Å². The monoisotopic (exact) mass is 336 g/mol. The van der Waals surface area contributed by atoms with Crippen molar-refractivity contribution >= 4 is 5.91 Å². The van der Waals surface area contributed by atoms with E-state index in [9.17, 15) is 4.79 Å². The molecular formula is C18H20N6O. The van der Waals surface area contributed by atoms with Crippen molar-refractivity contribution in [1.82, 2.24) is 30.0 Å². The maximum Gasteiger partial charge on any atom is 0.251 e. The van der Waals surface area contributed by atoms with Crippen LogP contribution in [0.3, 0.4) is 0 Å². The number of amides is 1. The van der Waals surface area contributed by atoms with Crippen LogP contribution in [0.15, 0.2) is 36.8 Å². The Balaban J connectivity index is 1.50. The highest BCUT2D eigenvalue weighted by Crippen LogP contribution is 2.20. The van der Waals surface area contributed by atoms with Crippen LogP contribution in [0.2, 0.25) is 0 Å². The Morgan fingerprint density at radius 2 is 2.20 bits per heavy atom. The van der Waals surface area contributed by atoms with Gasteiger partial charge in [-0.25, -0.2) is 4.98 Å². The van der Waals surface area contributed by atoms with E-state index in [1.54, 1.807) is 30.7 Å². The van der Waals surface area contributed by atoms with Gasteiger partial charge in [-0.1, -0.05) is 0 Å². The van der Waals surface area contributed by atoms with Crippen LogP contribution in [0.1, 0.15) is 47.6 Å². The standard InChI is InChI=1S/C18H20N6O/c1-12(15-11-14-4-2-3-9-24(14)23-15)22-18(25)13-5-6-19-16(10-13)17-20-7-8-21-17/h5-8,10-12H,2-4,9H2,1H3,(H,20,21)(H,22,25). The molecule has 7 nitrogen and oxygen atoms in total. The smallest absolute Gasteiger partial charge is 0.251 e. The van der Waals surface area contributed by atoms with Crippen LogP contribution >= 0.6 is 0 Å². The highest BCUT2D eigenvalue weighted by Gasteiger charge is 2.18. The van der Waals surface area contributed by atoms with Gasteiger partial charge in [0.05, 0.1) is 11.7 Å². The number of pyridine rings is 1. The van der Waals surface area contributed by atoms with Gasteiger partial charge in [0.25, 0.3) is 5.91 Å². The van der Waals surface area contributed by atoms with Crippen molar-refractivity contribution in [3.63, 3.8) is 0 Å². The summed E-state index contributed by atoms with van der Waals surface area (Å²) in [6.07, 6.45) is 8.44. The van der Waals surface area contributed by atoms with Gasteiger partial charge in [-0.3, -0.25) is 14.5 Å². The van der Waals surface area contributed by atoms with Gasteiger partial charge in [-0.15, -0.1) is 0 Å². The van der Waals surface area contributed by atoms with Crippen LogP contribution in [0, 0.1) is 0 Å². The Labute approximate surface area is 145 Å². The number of nitrogens with one attached hydrogen (secondary N) is 2. The van der Waals surface area contributed by atoms with E-state index in [0.717, 1.165) is 18.7 Å². The fourth-order valence-corrected chi connectivity index (χ4v) is 3.11. The van der Waals surface area contributed by atoms with Gasteiger partial charge in [-0.2, -0.15) is 5.10 Å². The number of hydrogen-bond donors (Lipinski definition) is 2. The Bertz CT molecular complexity index is 859. The van der Waals surface area contributed by atoms with Gasteiger partial charge in [0.15, 0.2) is 5.82 Å². The van der Waals surface area contributed by atoms with Crippen LogP contribution in [-0.4, -0.2) is 30.6 Å². The number of aryl methyl sites for hydroxylation is 2. The van der Waals surface area contributed by atoms with Crippen LogP contribution in [0.4, 0.5) is 0 Å². The molecule has 7 heteroatoms. The molecule has 3 aromatic rings. The van der Waals surface area contributed by atoms with E-state index in [1.165, 1.54) is 18.5 Å². The number of H-pyrrole nitrogens is 1. The number of imidazole rings is 1. The molecule has 4 heterocycles. The largest absolute Gasteiger partial charge is 0.344 e. The Morgan fingerprint density at radius 3 is 3.00 bits per heavy atom. The molecule has 0 radical (unpaired) electrons. The minimum Gasteiger partial charge on any atom is -0.344 e. The summed E-state index contributed by atoms with van der Waals surface area (Å²) in [5.41, 5.74) is 3.36. The van der Waals surface area contributed by atoms with Crippen molar-refractivity contribution in [1.29, 1.82) is 0 Å². The number of carbonyl (C=O) groups is 1. The summed E-state index contributed by atoms with van der Waals surface area (Å²) in [6, 6.07) is 5.39. The first kappa shape index (κ1) is 15.6. The highest BCUT2D eigenvalue weighted by molar-refractivity contribution is 5.95. The van der Waals surface area contributed by atoms with Crippen LogP contribution in [0.5, 0.6) is 0 Å². The number of aromatic amines is 1. The predicted molar refractivity (Wildman–Crippen MR) is 92.9 cm³/mol. The number of carbonyl (C=O) groups excluding carboxylic acids is 1. The number of rotatable bonds is 4. The lowest BCUT2D eigenvalue weighted by Crippen LogP contribution is -2.27. The van der Waals surface area contributed by atoms with Crippen molar-refractivity contribution in [3.05, 3.63) is 53.7 Å². The number of fused-ring (bicyclic) bond motifs is 1. The van der Waals surface area contributed by atoms with Gasteiger partial charge < -0.3 is 10.3 Å². The summed E-state index contributed by atoms with van der Waals surface area (Å²) in [6.45, 7) is 2.92. The summed E-state index contributed by atoms with van der Waals surface area (Å²) < 4.78 is 2.06. The highest BCUT2D eigenvalue weighted by atomic mass is 16.1. The molecule has 0 bridgehead atoms. The third-order valence-corrected chi connectivity index (χ3v) is 4.49. The molecule has 3 aromatic heterocycles. The Kier molecular flexibility index (Phi) is 4.05. The second kappa shape index (κ2) is 6.51. The molecule has 0 aliphatic carbocycles. The topological polar surface area (TPSA) is 88.5 Å². The third-order valence-electron chi connectivity index (χ3n) is 4.49. The predicted octanol–water partition coefficient (Wildman–Crippen LogP) is 2.50. The van der Waals surface area contributed by atoms with Crippen molar-refractivity contribution in [3.8, 4) is 11.5 Å². The minimum absolute atomic E-state index is 0.145. The third kappa shape index (κ3) is 3.17. The maximum absolute atomic E-state index is 12.6. The Morgan fingerprint density at radius 1 is 1.28 bits per heavy atom.